The Labute approximate surface area is 117 Å². The number of nitrogens with zero attached hydrogens (tertiary/aromatic N) is 2. The van der Waals surface area contributed by atoms with Gasteiger partial charge < -0.3 is 10.2 Å². The molecule has 6 heteroatoms. The van der Waals surface area contributed by atoms with E-state index >= 15 is 0 Å². The van der Waals surface area contributed by atoms with Crippen LogP contribution in [0.5, 0.6) is 0 Å². The Balaban J connectivity index is 2.25. The number of aromatic nitrogens is 1. The maximum absolute atomic E-state index is 12.3. The van der Waals surface area contributed by atoms with Gasteiger partial charge in [-0.2, -0.15) is 0 Å². The van der Waals surface area contributed by atoms with Crippen molar-refractivity contribution < 1.29 is 9.59 Å². The van der Waals surface area contributed by atoms with Crippen LogP contribution in [0.25, 0.3) is 0 Å². The highest BCUT2D eigenvalue weighted by Crippen LogP contribution is 2.19. The zero-order valence-corrected chi connectivity index (χ0v) is 11.7. The summed E-state index contributed by atoms with van der Waals surface area (Å²) in [5.74, 6) is -0.125. The lowest BCUT2D eigenvalue weighted by Crippen LogP contribution is -2.50. The van der Waals surface area contributed by atoms with Gasteiger partial charge >= 0.3 is 0 Å². The number of piperazine rings is 1. The minimum atomic E-state index is -0.180. The summed E-state index contributed by atoms with van der Waals surface area (Å²) in [6.07, 6.45) is 0. The van der Waals surface area contributed by atoms with Crippen molar-refractivity contribution in [3.63, 3.8) is 0 Å². The molecule has 0 radical (unpaired) electrons. The highest BCUT2D eigenvalue weighted by molar-refractivity contribution is 6.29. The summed E-state index contributed by atoms with van der Waals surface area (Å²) in [6, 6.07) is 3.29. The van der Waals surface area contributed by atoms with Crippen molar-refractivity contribution >= 4 is 23.4 Å². The topological polar surface area (TPSA) is 62.3 Å². The average molecular weight is 282 g/mol. The molecule has 0 spiro atoms. The first-order valence-electron chi connectivity index (χ1n) is 6.21. The molecule has 2 heterocycles. The number of nitrogens with one attached hydrogen (secondary N) is 1. The Morgan fingerprint density at radius 2 is 2.21 bits per heavy atom. The van der Waals surface area contributed by atoms with Crippen molar-refractivity contribution in [2.24, 2.45) is 0 Å². The maximum atomic E-state index is 12.3. The van der Waals surface area contributed by atoms with Crippen LogP contribution in [0, 0.1) is 0 Å². The monoisotopic (exact) mass is 281 g/mol. The fourth-order valence-electron chi connectivity index (χ4n) is 1.93. The highest BCUT2D eigenvalue weighted by atomic mass is 35.5. The molecule has 0 bridgehead atoms. The van der Waals surface area contributed by atoms with E-state index < -0.39 is 0 Å². The van der Waals surface area contributed by atoms with Crippen molar-refractivity contribution in [3.8, 4) is 0 Å². The Kier molecular flexibility index (Phi) is 4.04. The number of carbonyl (C=O) groups excluding carboxylic acids is 2. The number of hydrogen-bond donors (Lipinski definition) is 1. The highest BCUT2D eigenvalue weighted by Gasteiger charge is 2.23. The van der Waals surface area contributed by atoms with Crippen molar-refractivity contribution in [1.82, 2.24) is 15.2 Å². The smallest absolute Gasteiger partial charge is 0.254 e. The predicted octanol–water partition coefficient (Wildman–Crippen LogP) is 1.43. The van der Waals surface area contributed by atoms with E-state index in [4.69, 9.17) is 11.6 Å². The quantitative estimate of drug-likeness (QED) is 0.834. The van der Waals surface area contributed by atoms with Gasteiger partial charge in [0.15, 0.2) is 0 Å². The van der Waals surface area contributed by atoms with E-state index in [1.807, 2.05) is 13.8 Å². The first kappa shape index (κ1) is 13.8. The van der Waals surface area contributed by atoms with Crippen molar-refractivity contribution in [2.45, 2.75) is 19.8 Å². The Hall–Kier alpha value is -1.62. The zero-order valence-electron chi connectivity index (χ0n) is 10.9. The van der Waals surface area contributed by atoms with Crippen LogP contribution < -0.4 is 5.32 Å². The van der Waals surface area contributed by atoms with Gasteiger partial charge in [0.1, 0.15) is 5.15 Å². The second kappa shape index (κ2) is 5.57. The van der Waals surface area contributed by atoms with Crippen molar-refractivity contribution in [1.29, 1.82) is 0 Å². The number of carbonyl (C=O) groups is 2. The SMILES string of the molecule is CC(C)c1cc(C(=O)N2CCNC(=O)C2)cc(Cl)n1. The Morgan fingerprint density at radius 3 is 2.84 bits per heavy atom. The molecule has 1 aliphatic heterocycles. The fraction of sp³-hybridized carbons (Fsp3) is 0.462. The van der Waals surface area contributed by atoms with Gasteiger partial charge in [-0.25, -0.2) is 4.98 Å². The fourth-order valence-corrected chi connectivity index (χ4v) is 2.15. The van der Waals surface area contributed by atoms with E-state index in [9.17, 15) is 9.59 Å². The third-order valence-electron chi connectivity index (χ3n) is 2.98. The molecule has 19 heavy (non-hydrogen) atoms. The van der Waals surface area contributed by atoms with Crippen LogP contribution >= 0.6 is 11.6 Å². The normalized spacial score (nSPS) is 15.6. The van der Waals surface area contributed by atoms with E-state index in [0.29, 0.717) is 23.8 Å². The molecular formula is C13H16ClN3O2. The van der Waals surface area contributed by atoms with Crippen LogP contribution in [0.4, 0.5) is 0 Å². The van der Waals surface area contributed by atoms with E-state index in [1.54, 1.807) is 12.1 Å². The molecule has 0 aromatic carbocycles. The first-order chi connectivity index (χ1) is 8.97. The molecule has 1 aromatic heterocycles. The molecule has 5 nitrogen and oxygen atoms in total. The second-order valence-corrected chi connectivity index (χ2v) is 5.22. The molecular weight excluding hydrogens is 266 g/mol. The molecule has 0 saturated carbocycles. The van der Waals surface area contributed by atoms with Gasteiger partial charge in [0.2, 0.25) is 5.91 Å². The predicted molar refractivity (Wildman–Crippen MR) is 72.2 cm³/mol. The van der Waals surface area contributed by atoms with Gasteiger partial charge in [-0.3, -0.25) is 9.59 Å². The van der Waals surface area contributed by atoms with Crippen LogP contribution in [-0.4, -0.2) is 41.3 Å². The van der Waals surface area contributed by atoms with Gasteiger partial charge in [-0.15, -0.1) is 0 Å². The minimum absolute atomic E-state index is 0.0930. The number of amides is 2. The van der Waals surface area contributed by atoms with Crippen LogP contribution in [0.3, 0.4) is 0 Å². The van der Waals surface area contributed by atoms with Gasteiger partial charge in [-0.1, -0.05) is 25.4 Å². The van der Waals surface area contributed by atoms with Gasteiger partial charge in [0.25, 0.3) is 5.91 Å². The minimum Gasteiger partial charge on any atom is -0.353 e. The van der Waals surface area contributed by atoms with Crippen LogP contribution in [0.2, 0.25) is 5.15 Å². The third kappa shape index (κ3) is 3.23. The molecule has 1 aliphatic rings. The van der Waals surface area contributed by atoms with Crippen LogP contribution in [-0.2, 0) is 4.79 Å². The van der Waals surface area contributed by atoms with Crippen molar-refractivity contribution in [3.05, 3.63) is 28.5 Å². The number of pyridine rings is 1. The molecule has 0 aliphatic carbocycles. The van der Waals surface area contributed by atoms with E-state index in [-0.39, 0.29) is 24.3 Å². The number of halogens is 1. The lowest BCUT2D eigenvalue weighted by Gasteiger charge is -2.26. The second-order valence-electron chi connectivity index (χ2n) is 4.83. The third-order valence-corrected chi connectivity index (χ3v) is 3.17. The largest absolute Gasteiger partial charge is 0.353 e. The Morgan fingerprint density at radius 1 is 1.47 bits per heavy atom. The summed E-state index contributed by atoms with van der Waals surface area (Å²) in [4.78, 5) is 29.4. The molecule has 1 saturated heterocycles. The van der Waals surface area contributed by atoms with E-state index in [0.717, 1.165) is 5.69 Å². The molecule has 1 N–H and O–H groups in total. The molecule has 102 valence electrons. The van der Waals surface area contributed by atoms with Crippen LogP contribution in [0.1, 0.15) is 35.8 Å². The molecule has 0 atom stereocenters. The zero-order chi connectivity index (χ0) is 14.0. The number of hydrogen-bond acceptors (Lipinski definition) is 3. The summed E-state index contributed by atoms with van der Waals surface area (Å²) >= 11 is 5.94. The Bertz CT molecular complexity index is 517. The summed E-state index contributed by atoms with van der Waals surface area (Å²) < 4.78 is 0. The first-order valence-corrected chi connectivity index (χ1v) is 6.58. The summed E-state index contributed by atoms with van der Waals surface area (Å²) in [5.41, 5.74) is 1.26. The summed E-state index contributed by atoms with van der Waals surface area (Å²) in [6.45, 7) is 5.07. The molecule has 2 rings (SSSR count). The maximum Gasteiger partial charge on any atom is 0.254 e. The average Bonchev–Trinajstić information content (AvgIpc) is 2.37. The van der Waals surface area contributed by atoms with E-state index in [1.165, 1.54) is 4.90 Å². The number of rotatable bonds is 2. The summed E-state index contributed by atoms with van der Waals surface area (Å²) in [5, 5.41) is 2.99. The standard InChI is InChI=1S/C13H16ClN3O2/c1-8(2)10-5-9(6-11(14)16-10)13(19)17-4-3-15-12(18)7-17/h5-6,8H,3-4,7H2,1-2H3,(H,15,18). The summed E-state index contributed by atoms with van der Waals surface area (Å²) in [7, 11) is 0. The van der Waals surface area contributed by atoms with Gasteiger partial charge in [0, 0.05) is 24.3 Å². The van der Waals surface area contributed by atoms with Gasteiger partial charge in [-0.05, 0) is 18.1 Å². The lowest BCUT2D eigenvalue weighted by atomic mass is 10.1. The molecule has 0 unspecified atom stereocenters. The van der Waals surface area contributed by atoms with E-state index in [2.05, 4.69) is 10.3 Å². The lowest BCUT2D eigenvalue weighted by molar-refractivity contribution is -0.123. The van der Waals surface area contributed by atoms with Crippen molar-refractivity contribution in [2.75, 3.05) is 19.6 Å². The van der Waals surface area contributed by atoms with Crippen LogP contribution in [0.15, 0.2) is 12.1 Å². The molecule has 2 amide bonds. The van der Waals surface area contributed by atoms with Gasteiger partial charge in [0.05, 0.1) is 6.54 Å². The molecule has 1 aromatic rings. The molecule has 1 fully saturated rings.